The van der Waals surface area contributed by atoms with Gasteiger partial charge in [0.15, 0.2) is 0 Å². The van der Waals surface area contributed by atoms with Crippen molar-refractivity contribution < 1.29 is 4.76 Å². The number of aromatic nitrogens is 3. The number of nitrogens with zero attached hydrogens (tertiary/aromatic N) is 4. The fourth-order valence-corrected chi connectivity index (χ4v) is 2.72. The van der Waals surface area contributed by atoms with Gasteiger partial charge in [0, 0.05) is 12.6 Å². The van der Waals surface area contributed by atoms with E-state index in [2.05, 4.69) is 5.10 Å². The third-order valence-electron chi connectivity index (χ3n) is 3.55. The highest BCUT2D eigenvalue weighted by Crippen LogP contribution is 2.29. The zero-order chi connectivity index (χ0) is 15.2. The van der Waals surface area contributed by atoms with Gasteiger partial charge in [-0.15, -0.1) is 4.68 Å². The van der Waals surface area contributed by atoms with E-state index in [0.29, 0.717) is 17.1 Å². The van der Waals surface area contributed by atoms with Crippen LogP contribution in [-0.4, -0.2) is 26.2 Å². The van der Waals surface area contributed by atoms with Crippen LogP contribution in [-0.2, 0) is 14.1 Å². The van der Waals surface area contributed by atoms with Crippen LogP contribution in [0.25, 0.3) is 11.4 Å². The highest BCUT2D eigenvalue weighted by atomic mass is 16.3. The lowest BCUT2D eigenvalue weighted by molar-refractivity contribution is -0.435. The summed E-state index contributed by atoms with van der Waals surface area (Å²) in [4.78, 5) is 23.7. The summed E-state index contributed by atoms with van der Waals surface area (Å²) in [5.74, 6) is 0.493. The summed E-state index contributed by atoms with van der Waals surface area (Å²) in [5.41, 5.74) is 3.80. The van der Waals surface area contributed by atoms with Crippen molar-refractivity contribution in [3.05, 3.63) is 38.0 Å². The quantitative estimate of drug-likeness (QED) is 0.784. The Morgan fingerprint density at radius 2 is 1.75 bits per heavy atom. The predicted molar refractivity (Wildman–Crippen MR) is 77.3 cm³/mol. The van der Waals surface area contributed by atoms with E-state index < -0.39 is 0 Å². The minimum Gasteiger partial charge on any atom is -0.309 e. The third kappa shape index (κ3) is 1.97. The molecule has 0 aliphatic carbocycles. The third-order valence-corrected chi connectivity index (χ3v) is 3.55. The number of pyridine rings is 1. The molecular formula is C14H19N4O2+. The van der Waals surface area contributed by atoms with E-state index >= 15 is 0 Å². The maximum Gasteiger partial charge on any atom is 0.345 e. The Morgan fingerprint density at radius 3 is 2.25 bits per heavy atom. The smallest absolute Gasteiger partial charge is 0.309 e. The van der Waals surface area contributed by atoms with Gasteiger partial charge in [0.2, 0.25) is 0 Å². The van der Waals surface area contributed by atoms with Gasteiger partial charge in [0.25, 0.3) is 5.56 Å². The molecule has 0 saturated heterocycles. The summed E-state index contributed by atoms with van der Waals surface area (Å²) in [7, 11) is 4.89. The lowest BCUT2D eigenvalue weighted by Crippen LogP contribution is -2.22. The van der Waals surface area contributed by atoms with Crippen LogP contribution in [0.4, 0.5) is 5.82 Å². The van der Waals surface area contributed by atoms with Gasteiger partial charge in [0.1, 0.15) is 19.8 Å². The van der Waals surface area contributed by atoms with Crippen LogP contribution in [0.3, 0.4) is 0 Å². The van der Waals surface area contributed by atoms with Gasteiger partial charge in [-0.25, -0.2) is 0 Å². The number of rotatable bonds is 2. The van der Waals surface area contributed by atoms with E-state index in [1.165, 1.54) is 7.05 Å². The van der Waals surface area contributed by atoms with Crippen LogP contribution in [0.15, 0.2) is 10.9 Å². The first kappa shape index (κ1) is 14.2. The molecule has 20 heavy (non-hydrogen) atoms. The highest BCUT2D eigenvalue weighted by Gasteiger charge is 2.26. The first-order valence-electron chi connectivity index (χ1n) is 6.37. The molecule has 0 aliphatic heterocycles. The molecule has 0 unspecified atom stereocenters. The number of hydrogen-bond acceptors (Lipinski definition) is 3. The van der Waals surface area contributed by atoms with Gasteiger partial charge in [0.05, 0.1) is 11.3 Å². The number of hydrogen-bond donors (Lipinski definition) is 0. The van der Waals surface area contributed by atoms with Gasteiger partial charge < -0.3 is 4.57 Å². The first-order chi connectivity index (χ1) is 9.25. The largest absolute Gasteiger partial charge is 0.345 e. The summed E-state index contributed by atoms with van der Waals surface area (Å²) in [5, 5.41) is 4.41. The van der Waals surface area contributed by atoms with E-state index in [-0.39, 0.29) is 5.56 Å². The number of nitroso groups, excluding NO2 is 1. The Balaban J connectivity index is 2.83. The summed E-state index contributed by atoms with van der Waals surface area (Å²) >= 11 is 0. The fourth-order valence-electron chi connectivity index (χ4n) is 2.72. The summed E-state index contributed by atoms with van der Waals surface area (Å²) in [6, 6.07) is 1.85. The molecule has 0 saturated carbocycles. The molecule has 2 aromatic heterocycles. The monoisotopic (exact) mass is 275 g/mol. The van der Waals surface area contributed by atoms with Crippen molar-refractivity contribution in [1.82, 2.24) is 14.3 Å². The molecule has 0 aliphatic rings. The predicted octanol–water partition coefficient (Wildman–Crippen LogP) is 1.75. The Morgan fingerprint density at radius 1 is 1.15 bits per heavy atom. The van der Waals surface area contributed by atoms with Gasteiger partial charge >= 0.3 is 5.82 Å². The molecule has 0 bridgehead atoms. The summed E-state index contributed by atoms with van der Waals surface area (Å²) < 4.78 is 3.92. The minimum absolute atomic E-state index is 0.0484. The Bertz CT molecular complexity index is 768. The van der Waals surface area contributed by atoms with Crippen LogP contribution >= 0.6 is 0 Å². The second kappa shape index (κ2) is 4.70. The second-order valence-electron chi connectivity index (χ2n) is 5.14. The van der Waals surface area contributed by atoms with Crippen molar-refractivity contribution in [3.8, 4) is 11.4 Å². The normalized spacial score (nSPS) is 10.9. The Hall–Kier alpha value is -2.24. The van der Waals surface area contributed by atoms with Crippen molar-refractivity contribution in [1.29, 1.82) is 0 Å². The maximum absolute atomic E-state index is 12.1. The van der Waals surface area contributed by atoms with Crippen molar-refractivity contribution in [3.63, 3.8) is 0 Å². The average molecular weight is 275 g/mol. The molecule has 6 nitrogen and oxygen atoms in total. The van der Waals surface area contributed by atoms with Crippen molar-refractivity contribution in [2.45, 2.75) is 20.8 Å². The molecule has 2 heterocycles. The van der Waals surface area contributed by atoms with E-state index in [1.54, 1.807) is 30.3 Å². The molecule has 0 amide bonds. The summed E-state index contributed by atoms with van der Waals surface area (Å²) in [6.07, 6.45) is 0. The fraction of sp³-hybridized carbons (Fsp3) is 0.429. The van der Waals surface area contributed by atoms with Crippen LogP contribution in [0.5, 0.6) is 0 Å². The molecule has 0 fully saturated rings. The van der Waals surface area contributed by atoms with Gasteiger partial charge in [-0.05, 0) is 37.2 Å². The maximum atomic E-state index is 12.1. The van der Waals surface area contributed by atoms with Crippen molar-refractivity contribution in [2.24, 2.45) is 14.1 Å². The molecule has 0 N–H and O–H groups in total. The van der Waals surface area contributed by atoms with Gasteiger partial charge in [-0.2, -0.15) is 0 Å². The topological polar surface area (TPSA) is 59.9 Å². The average Bonchev–Trinajstić information content (AvgIpc) is 2.62. The lowest BCUT2D eigenvalue weighted by Gasteiger charge is -2.10. The molecular weight excluding hydrogens is 256 g/mol. The molecule has 0 aromatic carbocycles. The number of aryl methyl sites for hydroxylation is 3. The molecule has 106 valence electrons. The molecule has 2 aromatic rings. The zero-order valence-corrected chi connectivity index (χ0v) is 12.7. The standard InChI is InChI=1S/C14H19N4O2/c1-8-7-9(2)14(19)16(4)12(8)11-10(3)13(18(6)20)17(5)15-11/h7H,1-6H3/q+1. The van der Waals surface area contributed by atoms with Crippen LogP contribution in [0.1, 0.15) is 16.7 Å². The van der Waals surface area contributed by atoms with Gasteiger partial charge in [-0.3, -0.25) is 4.79 Å². The summed E-state index contributed by atoms with van der Waals surface area (Å²) in [6.45, 7) is 5.58. The van der Waals surface area contributed by atoms with E-state index in [4.69, 9.17) is 0 Å². The van der Waals surface area contributed by atoms with E-state index in [1.807, 2.05) is 19.9 Å². The molecule has 0 atom stereocenters. The van der Waals surface area contributed by atoms with Gasteiger partial charge in [-0.1, -0.05) is 10.0 Å². The molecule has 6 heteroatoms. The minimum atomic E-state index is -0.0484. The lowest BCUT2D eigenvalue weighted by atomic mass is 10.1. The second-order valence-corrected chi connectivity index (χ2v) is 5.14. The van der Waals surface area contributed by atoms with Crippen LogP contribution < -0.4 is 5.56 Å². The highest BCUT2D eigenvalue weighted by molar-refractivity contribution is 5.66. The SMILES string of the molecule is Cc1cc(C)c(=O)n(C)c1-c1nn(C)c([N+](C)=O)c1C. The van der Waals surface area contributed by atoms with Crippen LogP contribution in [0, 0.1) is 25.7 Å². The van der Waals surface area contributed by atoms with Crippen LogP contribution in [0.2, 0.25) is 0 Å². The van der Waals surface area contributed by atoms with Crippen molar-refractivity contribution >= 4 is 5.82 Å². The first-order valence-corrected chi connectivity index (χ1v) is 6.37. The Kier molecular flexibility index (Phi) is 3.33. The molecule has 0 spiro atoms. The van der Waals surface area contributed by atoms with E-state index in [0.717, 1.165) is 21.6 Å². The Labute approximate surface area is 117 Å². The zero-order valence-electron chi connectivity index (χ0n) is 12.7. The molecule has 0 radical (unpaired) electrons. The van der Waals surface area contributed by atoms with Crippen molar-refractivity contribution in [2.75, 3.05) is 7.05 Å². The molecule has 2 rings (SSSR count). The van der Waals surface area contributed by atoms with E-state index in [9.17, 15) is 9.70 Å².